The third kappa shape index (κ3) is 3.90. The van der Waals surface area contributed by atoms with Crippen molar-refractivity contribution in [3.63, 3.8) is 0 Å². The minimum atomic E-state index is -0.280. The Balaban J connectivity index is 1.58. The van der Waals surface area contributed by atoms with Crippen molar-refractivity contribution in [2.75, 3.05) is 38.2 Å². The number of rotatable bonds is 4. The highest BCUT2D eigenvalue weighted by Crippen LogP contribution is 2.17. The number of methoxy groups -OCH3 is 1. The molecule has 4 heteroatoms. The van der Waals surface area contributed by atoms with Crippen LogP contribution in [0.5, 0.6) is 0 Å². The summed E-state index contributed by atoms with van der Waals surface area (Å²) < 4.78 is 4.78. The molecule has 0 spiro atoms. The molecule has 0 atom stereocenters. The van der Waals surface area contributed by atoms with Crippen molar-refractivity contribution in [3.05, 3.63) is 65.7 Å². The maximum atomic E-state index is 11.6. The van der Waals surface area contributed by atoms with Crippen molar-refractivity contribution in [2.45, 2.75) is 6.54 Å². The number of carbonyl (C=O) groups is 1. The second-order valence-corrected chi connectivity index (χ2v) is 5.71. The molecule has 23 heavy (non-hydrogen) atoms. The Hall–Kier alpha value is -2.33. The Labute approximate surface area is 137 Å². The van der Waals surface area contributed by atoms with Crippen LogP contribution in [-0.2, 0) is 11.3 Å². The van der Waals surface area contributed by atoms with E-state index < -0.39 is 0 Å². The molecule has 0 aromatic heterocycles. The molecule has 0 aliphatic carbocycles. The van der Waals surface area contributed by atoms with Crippen molar-refractivity contribution in [1.29, 1.82) is 0 Å². The number of nitrogens with zero attached hydrogens (tertiary/aromatic N) is 2. The van der Waals surface area contributed by atoms with Gasteiger partial charge in [0.2, 0.25) is 0 Å². The van der Waals surface area contributed by atoms with E-state index in [1.165, 1.54) is 12.8 Å². The molecule has 1 heterocycles. The first-order valence-corrected chi connectivity index (χ1v) is 7.87. The first-order chi connectivity index (χ1) is 11.3. The van der Waals surface area contributed by atoms with Gasteiger partial charge in [-0.15, -0.1) is 0 Å². The van der Waals surface area contributed by atoms with Crippen molar-refractivity contribution in [1.82, 2.24) is 4.90 Å². The van der Waals surface area contributed by atoms with Crippen LogP contribution >= 0.6 is 0 Å². The smallest absolute Gasteiger partial charge is 0.337 e. The van der Waals surface area contributed by atoms with Crippen LogP contribution in [0.4, 0.5) is 5.69 Å². The zero-order valence-electron chi connectivity index (χ0n) is 13.4. The highest BCUT2D eigenvalue weighted by molar-refractivity contribution is 5.89. The van der Waals surface area contributed by atoms with Gasteiger partial charge in [0, 0.05) is 38.4 Å². The fraction of sp³-hybridized carbons (Fsp3) is 0.316. The lowest BCUT2D eigenvalue weighted by Gasteiger charge is -2.36. The number of carbonyl (C=O) groups excluding carboxylic acids is 1. The molecule has 1 radical (unpaired) electrons. The summed E-state index contributed by atoms with van der Waals surface area (Å²) in [4.78, 5) is 16.4. The summed E-state index contributed by atoms with van der Waals surface area (Å²) in [6, 6.07) is 18.9. The summed E-state index contributed by atoms with van der Waals surface area (Å²) in [6.07, 6.45) is 0. The standard InChI is InChI=1S/C19H21N2O2/c1-23-19(22)17-7-5-6-16(14-17)15-20-10-12-21(13-11-20)18-8-3-2-4-9-18/h3-9,14H,10-13,15H2,1H3. The predicted molar refractivity (Wildman–Crippen MR) is 90.5 cm³/mol. The largest absolute Gasteiger partial charge is 0.465 e. The van der Waals surface area contributed by atoms with Crippen LogP contribution in [0.2, 0.25) is 0 Å². The fourth-order valence-corrected chi connectivity index (χ4v) is 2.93. The lowest BCUT2D eigenvalue weighted by molar-refractivity contribution is 0.0600. The van der Waals surface area contributed by atoms with Crippen molar-refractivity contribution in [2.24, 2.45) is 0 Å². The summed E-state index contributed by atoms with van der Waals surface area (Å²) in [5, 5.41) is 0. The van der Waals surface area contributed by atoms with Gasteiger partial charge in [0.1, 0.15) is 0 Å². The monoisotopic (exact) mass is 309 g/mol. The Morgan fingerprint density at radius 2 is 1.87 bits per heavy atom. The maximum absolute atomic E-state index is 11.6. The van der Waals surface area contributed by atoms with Gasteiger partial charge >= 0.3 is 5.97 Å². The molecule has 0 unspecified atom stereocenters. The number of hydrogen-bond acceptors (Lipinski definition) is 4. The van der Waals surface area contributed by atoms with Crippen LogP contribution in [-0.4, -0.2) is 44.2 Å². The van der Waals surface area contributed by atoms with Crippen LogP contribution in [0.1, 0.15) is 15.9 Å². The number of hydrogen-bond donors (Lipinski definition) is 0. The van der Waals surface area contributed by atoms with E-state index in [0.29, 0.717) is 5.56 Å². The zero-order valence-corrected chi connectivity index (χ0v) is 13.4. The van der Waals surface area contributed by atoms with Gasteiger partial charge in [-0.2, -0.15) is 0 Å². The van der Waals surface area contributed by atoms with Crippen LogP contribution in [0.15, 0.2) is 48.5 Å². The highest BCUT2D eigenvalue weighted by Gasteiger charge is 2.17. The van der Waals surface area contributed by atoms with Crippen molar-refractivity contribution >= 4 is 11.7 Å². The van der Waals surface area contributed by atoms with Crippen molar-refractivity contribution < 1.29 is 9.53 Å². The van der Waals surface area contributed by atoms with Gasteiger partial charge in [-0.05, 0) is 35.9 Å². The van der Waals surface area contributed by atoms with Gasteiger partial charge in [-0.3, -0.25) is 4.90 Å². The van der Waals surface area contributed by atoms with Gasteiger partial charge in [0.15, 0.2) is 0 Å². The first kappa shape index (κ1) is 15.6. The van der Waals surface area contributed by atoms with Gasteiger partial charge < -0.3 is 9.64 Å². The van der Waals surface area contributed by atoms with Gasteiger partial charge in [-0.25, -0.2) is 4.79 Å². The summed E-state index contributed by atoms with van der Waals surface area (Å²) in [5.41, 5.74) is 3.02. The normalized spacial score (nSPS) is 15.4. The van der Waals surface area contributed by atoms with E-state index in [-0.39, 0.29) is 5.97 Å². The number of esters is 1. The summed E-state index contributed by atoms with van der Waals surface area (Å²) >= 11 is 0. The molecule has 3 rings (SSSR count). The number of anilines is 1. The molecule has 2 aromatic rings. The first-order valence-electron chi connectivity index (χ1n) is 7.87. The minimum Gasteiger partial charge on any atom is -0.465 e. The molecule has 0 amide bonds. The highest BCUT2D eigenvalue weighted by atomic mass is 16.5. The molecule has 0 saturated carbocycles. The summed E-state index contributed by atoms with van der Waals surface area (Å²) in [5.74, 6) is -0.280. The van der Waals surface area contributed by atoms with Gasteiger partial charge in [0.25, 0.3) is 0 Å². The van der Waals surface area contributed by atoms with Crippen LogP contribution in [0.25, 0.3) is 0 Å². The minimum absolute atomic E-state index is 0.280. The molecule has 0 N–H and O–H groups in total. The van der Waals surface area contributed by atoms with E-state index >= 15 is 0 Å². The molecule has 2 aromatic carbocycles. The van der Waals surface area contributed by atoms with Crippen LogP contribution in [0.3, 0.4) is 0 Å². The van der Waals surface area contributed by atoms with E-state index in [1.807, 2.05) is 24.3 Å². The molecular weight excluding hydrogens is 288 g/mol. The lowest BCUT2D eigenvalue weighted by atomic mass is 10.1. The molecule has 4 nitrogen and oxygen atoms in total. The zero-order chi connectivity index (χ0) is 16.1. The Morgan fingerprint density at radius 1 is 1.13 bits per heavy atom. The summed E-state index contributed by atoms with van der Waals surface area (Å²) in [7, 11) is 1.41. The Kier molecular flexibility index (Phi) is 4.93. The van der Waals surface area contributed by atoms with Gasteiger partial charge in [0.05, 0.1) is 12.7 Å². The second-order valence-electron chi connectivity index (χ2n) is 5.71. The summed E-state index contributed by atoms with van der Waals surface area (Å²) in [6.45, 7) is 4.92. The number of piperazine rings is 1. The Morgan fingerprint density at radius 3 is 2.57 bits per heavy atom. The van der Waals surface area contributed by atoms with E-state index in [0.717, 1.165) is 38.3 Å². The predicted octanol–water partition coefficient (Wildman–Crippen LogP) is 2.60. The topological polar surface area (TPSA) is 32.8 Å². The second kappa shape index (κ2) is 7.29. The fourth-order valence-electron chi connectivity index (χ4n) is 2.93. The maximum Gasteiger partial charge on any atom is 0.337 e. The molecule has 1 aliphatic heterocycles. The molecule has 0 bridgehead atoms. The number of ether oxygens (including phenoxy) is 1. The van der Waals surface area contributed by atoms with E-state index in [2.05, 4.69) is 34.1 Å². The van der Waals surface area contributed by atoms with Gasteiger partial charge in [-0.1, -0.05) is 24.3 Å². The third-order valence-electron chi connectivity index (χ3n) is 4.19. The third-order valence-corrected chi connectivity index (χ3v) is 4.19. The number of benzene rings is 2. The Bertz CT molecular complexity index is 649. The van der Waals surface area contributed by atoms with E-state index in [4.69, 9.17) is 4.74 Å². The molecule has 1 fully saturated rings. The lowest BCUT2D eigenvalue weighted by Crippen LogP contribution is -2.45. The van der Waals surface area contributed by atoms with E-state index in [9.17, 15) is 4.79 Å². The van der Waals surface area contributed by atoms with Crippen LogP contribution < -0.4 is 4.90 Å². The SMILES string of the molecule is COC(=O)c1cccc(CN2CCN(c3cc[c]cc3)CC2)c1. The van der Waals surface area contributed by atoms with E-state index in [1.54, 1.807) is 6.07 Å². The van der Waals surface area contributed by atoms with Crippen molar-refractivity contribution in [3.8, 4) is 0 Å². The average Bonchev–Trinajstić information content (AvgIpc) is 2.62. The molecular formula is C19H21N2O2. The molecule has 1 saturated heterocycles. The quantitative estimate of drug-likeness (QED) is 0.813. The molecule has 119 valence electrons. The average molecular weight is 309 g/mol. The molecule has 1 aliphatic rings. The van der Waals surface area contributed by atoms with Crippen LogP contribution in [0, 0.1) is 6.07 Å².